The van der Waals surface area contributed by atoms with Crippen molar-refractivity contribution < 1.29 is 22.9 Å². The van der Waals surface area contributed by atoms with Gasteiger partial charge in [-0.1, -0.05) is 5.16 Å². The van der Waals surface area contributed by atoms with Crippen molar-refractivity contribution in [1.82, 2.24) is 25.0 Å². The lowest BCUT2D eigenvalue weighted by Crippen LogP contribution is -2.24. The molecule has 9 nitrogen and oxygen atoms in total. The van der Waals surface area contributed by atoms with Crippen molar-refractivity contribution in [2.45, 2.75) is 25.2 Å². The van der Waals surface area contributed by atoms with Crippen molar-refractivity contribution in [2.75, 3.05) is 11.9 Å². The van der Waals surface area contributed by atoms with Crippen LogP contribution in [0.1, 0.15) is 28.8 Å². The Morgan fingerprint density at radius 3 is 2.85 bits per heavy atom. The third-order valence-corrected chi connectivity index (χ3v) is 5.02. The molecule has 33 heavy (non-hydrogen) atoms. The van der Waals surface area contributed by atoms with Crippen LogP contribution in [0.4, 0.5) is 14.7 Å². The summed E-state index contributed by atoms with van der Waals surface area (Å²) in [5.74, 6) is -3.07. The maximum absolute atomic E-state index is 14.0. The summed E-state index contributed by atoms with van der Waals surface area (Å²) in [5, 5.41) is 9.15. The maximum atomic E-state index is 14.0. The molecule has 0 spiro atoms. The van der Waals surface area contributed by atoms with Crippen LogP contribution in [-0.2, 0) is 11.2 Å². The Morgan fingerprint density at radius 2 is 2.06 bits per heavy atom. The molecule has 0 atom stereocenters. The van der Waals surface area contributed by atoms with Crippen LogP contribution in [-0.4, -0.2) is 44.5 Å². The summed E-state index contributed by atoms with van der Waals surface area (Å²) in [6, 6.07) is 6.81. The van der Waals surface area contributed by atoms with Crippen LogP contribution in [0.15, 0.2) is 59.8 Å². The number of carbonyl (C=O) groups excluding carboxylic acids is 2. The van der Waals surface area contributed by atoms with E-state index in [4.69, 9.17) is 4.52 Å². The van der Waals surface area contributed by atoms with Gasteiger partial charge in [0.05, 0.1) is 23.6 Å². The first-order valence-corrected chi connectivity index (χ1v) is 10.1. The molecule has 0 bridgehead atoms. The highest BCUT2D eigenvalue weighted by atomic mass is 19.3. The number of fused-ring (bicyclic) bond motifs is 1. The third-order valence-electron chi connectivity index (χ3n) is 5.02. The van der Waals surface area contributed by atoms with Crippen LogP contribution in [0, 0.1) is 0 Å². The van der Waals surface area contributed by atoms with Gasteiger partial charge in [0.2, 0.25) is 18.2 Å². The molecule has 2 N–H and O–H groups in total. The van der Waals surface area contributed by atoms with Gasteiger partial charge in [0.25, 0.3) is 5.91 Å². The average molecular weight is 454 g/mol. The van der Waals surface area contributed by atoms with Crippen molar-refractivity contribution in [1.29, 1.82) is 0 Å². The minimum atomic E-state index is -2.88. The molecule has 0 radical (unpaired) electrons. The van der Waals surface area contributed by atoms with Crippen molar-refractivity contribution >= 4 is 29.2 Å². The van der Waals surface area contributed by atoms with E-state index in [2.05, 4.69) is 25.8 Å². The number of pyridine rings is 2. The van der Waals surface area contributed by atoms with Gasteiger partial charge in [0.15, 0.2) is 0 Å². The number of carbonyl (C=O) groups is 2. The molecule has 0 aliphatic heterocycles. The molecule has 0 aliphatic rings. The molecule has 0 unspecified atom stereocenters. The fourth-order valence-corrected chi connectivity index (χ4v) is 3.33. The number of aromatic nitrogens is 4. The lowest BCUT2D eigenvalue weighted by atomic mass is 10.0. The van der Waals surface area contributed by atoms with Crippen LogP contribution >= 0.6 is 0 Å². The number of anilines is 1. The molecule has 170 valence electrons. The van der Waals surface area contributed by atoms with Crippen LogP contribution in [0.3, 0.4) is 0 Å². The SMILES string of the molecule is O=CNCCC(F)(F)CCc1cnc2c(ccn2-c2cncc(C(=O)Nc3ccno3)c2)c1. The molecule has 4 aromatic rings. The van der Waals surface area contributed by atoms with Gasteiger partial charge in [-0.15, -0.1) is 0 Å². The summed E-state index contributed by atoms with van der Waals surface area (Å²) in [4.78, 5) is 31.2. The largest absolute Gasteiger partial charge is 0.358 e. The van der Waals surface area contributed by atoms with Crippen LogP contribution in [0.2, 0.25) is 0 Å². The van der Waals surface area contributed by atoms with E-state index in [-0.39, 0.29) is 25.3 Å². The molecular weight excluding hydrogens is 434 g/mol. The van der Waals surface area contributed by atoms with E-state index in [9.17, 15) is 18.4 Å². The van der Waals surface area contributed by atoms with Gasteiger partial charge in [-0.3, -0.25) is 24.5 Å². The quantitative estimate of drug-likeness (QED) is 0.281. The summed E-state index contributed by atoms with van der Waals surface area (Å²) < 4.78 is 34.6. The van der Waals surface area contributed by atoms with Crippen LogP contribution < -0.4 is 10.6 Å². The van der Waals surface area contributed by atoms with Gasteiger partial charge in [0, 0.05) is 49.4 Å². The van der Waals surface area contributed by atoms with E-state index in [0.717, 1.165) is 5.39 Å². The Kier molecular flexibility index (Phi) is 6.38. The lowest BCUT2D eigenvalue weighted by Gasteiger charge is -2.15. The molecule has 11 heteroatoms. The number of hydrogen-bond donors (Lipinski definition) is 2. The zero-order chi connectivity index (χ0) is 23.3. The van der Waals surface area contributed by atoms with E-state index >= 15 is 0 Å². The van der Waals surface area contributed by atoms with Gasteiger partial charge < -0.3 is 9.84 Å². The highest BCUT2D eigenvalue weighted by Gasteiger charge is 2.27. The van der Waals surface area contributed by atoms with Gasteiger partial charge in [-0.2, -0.15) is 0 Å². The summed E-state index contributed by atoms with van der Waals surface area (Å²) in [6.07, 6.45) is 7.59. The number of halogens is 2. The Balaban J connectivity index is 1.48. The molecule has 0 fully saturated rings. The second kappa shape index (κ2) is 9.55. The Labute approximate surface area is 186 Å². The molecule has 2 amide bonds. The number of nitrogens with one attached hydrogen (secondary N) is 2. The zero-order valence-electron chi connectivity index (χ0n) is 17.4. The number of aryl methyl sites for hydroxylation is 1. The van der Waals surface area contributed by atoms with E-state index in [1.165, 1.54) is 18.5 Å². The van der Waals surface area contributed by atoms with Gasteiger partial charge in [0.1, 0.15) is 5.65 Å². The Morgan fingerprint density at radius 1 is 1.18 bits per heavy atom. The topological polar surface area (TPSA) is 115 Å². The summed E-state index contributed by atoms with van der Waals surface area (Å²) in [7, 11) is 0. The van der Waals surface area contributed by atoms with Crippen molar-refractivity contribution in [3.63, 3.8) is 0 Å². The van der Waals surface area contributed by atoms with E-state index in [1.54, 1.807) is 29.2 Å². The zero-order valence-corrected chi connectivity index (χ0v) is 17.4. The predicted octanol–water partition coefficient (Wildman–Crippen LogP) is 3.36. The summed E-state index contributed by atoms with van der Waals surface area (Å²) >= 11 is 0. The highest BCUT2D eigenvalue weighted by Crippen LogP contribution is 2.26. The molecule has 4 heterocycles. The molecule has 4 rings (SSSR count). The number of amides is 2. The summed E-state index contributed by atoms with van der Waals surface area (Å²) in [5.41, 5.74) is 2.22. The second-order valence-corrected chi connectivity index (χ2v) is 7.38. The first kappa shape index (κ1) is 22.1. The van der Waals surface area contributed by atoms with Gasteiger partial charge >= 0.3 is 0 Å². The van der Waals surface area contributed by atoms with Crippen molar-refractivity contribution in [3.05, 3.63) is 66.4 Å². The Hall–Kier alpha value is -4.15. The van der Waals surface area contributed by atoms with E-state index in [1.807, 2.05) is 12.1 Å². The standard InChI is InChI=1S/C22H20F2N6O3/c23-22(24,5-7-25-14-31)4-1-15-9-16-3-8-30(20(16)27-11-15)18-10-17(12-26-13-18)21(32)29-19-2-6-28-33-19/h2-3,6,8-14H,1,4-5,7H2,(H,25,31)(H,29,32). The minimum absolute atomic E-state index is 0.0693. The molecule has 0 aromatic carbocycles. The first-order chi connectivity index (χ1) is 15.9. The minimum Gasteiger partial charge on any atom is -0.358 e. The van der Waals surface area contributed by atoms with E-state index < -0.39 is 18.3 Å². The number of hydrogen-bond acceptors (Lipinski definition) is 6. The average Bonchev–Trinajstić information content (AvgIpc) is 3.47. The molecule has 4 aromatic heterocycles. The second-order valence-electron chi connectivity index (χ2n) is 7.38. The Bertz CT molecular complexity index is 1260. The fourth-order valence-electron chi connectivity index (χ4n) is 3.33. The first-order valence-electron chi connectivity index (χ1n) is 10.1. The van der Waals surface area contributed by atoms with Gasteiger partial charge in [-0.05, 0) is 30.2 Å². The van der Waals surface area contributed by atoms with Crippen LogP contribution in [0.25, 0.3) is 16.7 Å². The molecular formula is C22H20F2N6O3. The van der Waals surface area contributed by atoms with Crippen molar-refractivity contribution in [2.24, 2.45) is 0 Å². The molecule has 0 saturated heterocycles. The predicted molar refractivity (Wildman–Crippen MR) is 115 cm³/mol. The number of nitrogens with zero attached hydrogens (tertiary/aromatic N) is 4. The molecule has 0 aliphatic carbocycles. The fraction of sp³-hybridized carbons (Fsp3) is 0.227. The van der Waals surface area contributed by atoms with E-state index in [0.29, 0.717) is 28.9 Å². The normalized spacial score (nSPS) is 11.5. The highest BCUT2D eigenvalue weighted by molar-refractivity contribution is 6.03. The van der Waals surface area contributed by atoms with Gasteiger partial charge in [-0.25, -0.2) is 13.8 Å². The maximum Gasteiger partial charge on any atom is 0.259 e. The summed E-state index contributed by atoms with van der Waals surface area (Å²) in [6.45, 7) is -0.0693. The monoisotopic (exact) mass is 454 g/mol. The molecule has 0 saturated carbocycles. The van der Waals surface area contributed by atoms with Crippen LogP contribution in [0.5, 0.6) is 0 Å². The number of rotatable bonds is 10. The van der Waals surface area contributed by atoms with Crippen molar-refractivity contribution in [3.8, 4) is 5.69 Å². The third kappa shape index (κ3) is 5.37. The lowest BCUT2D eigenvalue weighted by molar-refractivity contribution is -0.109. The number of alkyl halides is 2. The smallest absolute Gasteiger partial charge is 0.259 e.